The second kappa shape index (κ2) is 5.10. The van der Waals surface area contributed by atoms with Crippen LogP contribution in [0.1, 0.15) is 16.2 Å². The summed E-state index contributed by atoms with van der Waals surface area (Å²) >= 11 is 5.76. The van der Waals surface area contributed by atoms with Crippen LogP contribution in [0, 0.1) is 0 Å². The molecule has 2 aromatic rings. The molecule has 94 valence electrons. The summed E-state index contributed by atoms with van der Waals surface area (Å²) in [6.45, 7) is 0.248. The molecule has 0 aliphatic heterocycles. The first kappa shape index (κ1) is 12.4. The van der Waals surface area contributed by atoms with E-state index in [1.807, 2.05) is 0 Å². The number of carbonyl (C=O) groups is 1. The molecule has 1 heterocycles. The number of carboxylic acids is 1. The molecule has 0 fully saturated rings. The Bertz CT molecular complexity index is 563. The molecule has 6 heteroatoms. The number of carboxylic acid groups (broad SMARTS) is 1. The fourth-order valence-corrected chi connectivity index (χ4v) is 1.56. The van der Waals surface area contributed by atoms with E-state index in [1.165, 1.54) is 10.7 Å². The summed E-state index contributed by atoms with van der Waals surface area (Å²) in [5.74, 6) is -0.388. The topological polar surface area (TPSA) is 64.4 Å². The lowest BCUT2D eigenvalue weighted by Crippen LogP contribution is -2.03. The highest BCUT2D eigenvalue weighted by Gasteiger charge is 2.11. The molecule has 0 bridgehead atoms. The predicted octanol–water partition coefficient (Wildman–Crippen LogP) is 2.35. The van der Waals surface area contributed by atoms with Crippen LogP contribution in [-0.4, -0.2) is 20.9 Å². The van der Waals surface area contributed by atoms with Crippen molar-refractivity contribution in [2.75, 3.05) is 0 Å². The molecule has 2 rings (SSSR count). The van der Waals surface area contributed by atoms with Gasteiger partial charge in [-0.3, -0.25) is 4.68 Å². The van der Waals surface area contributed by atoms with E-state index in [0.29, 0.717) is 16.5 Å². The lowest BCUT2D eigenvalue weighted by Gasteiger charge is -2.05. The normalized spacial score (nSPS) is 10.3. The molecule has 1 N–H and O–H groups in total. The maximum atomic E-state index is 10.7. The standard InChI is InChI=1S/C12H11ClN2O3/c1-15-9(6-11(14-15)12(16)17)7-18-10-4-2-8(13)3-5-10/h2-6H,7H2,1H3,(H,16,17). The molecule has 5 nitrogen and oxygen atoms in total. The Hall–Kier alpha value is -2.01. The second-order valence-electron chi connectivity index (χ2n) is 3.69. The van der Waals surface area contributed by atoms with Crippen LogP contribution in [0.15, 0.2) is 30.3 Å². The Balaban J connectivity index is 2.06. The lowest BCUT2D eigenvalue weighted by atomic mass is 10.3. The summed E-state index contributed by atoms with van der Waals surface area (Å²) in [4.78, 5) is 10.7. The van der Waals surface area contributed by atoms with Crippen LogP contribution < -0.4 is 4.74 Å². The number of aromatic nitrogens is 2. The highest BCUT2D eigenvalue weighted by molar-refractivity contribution is 6.30. The van der Waals surface area contributed by atoms with Crippen LogP contribution in [0.2, 0.25) is 5.02 Å². The summed E-state index contributed by atoms with van der Waals surface area (Å²) in [5.41, 5.74) is 0.689. The molecule has 0 radical (unpaired) electrons. The van der Waals surface area contributed by atoms with Gasteiger partial charge in [0.1, 0.15) is 12.4 Å². The molecular formula is C12H11ClN2O3. The zero-order valence-electron chi connectivity index (χ0n) is 9.63. The molecule has 0 unspecified atom stereocenters. The van der Waals surface area contributed by atoms with E-state index in [9.17, 15) is 4.79 Å². The quantitative estimate of drug-likeness (QED) is 0.923. The van der Waals surface area contributed by atoms with Gasteiger partial charge in [-0.15, -0.1) is 0 Å². The smallest absolute Gasteiger partial charge is 0.356 e. The summed E-state index contributed by atoms with van der Waals surface area (Å²) in [6.07, 6.45) is 0. The highest BCUT2D eigenvalue weighted by Crippen LogP contribution is 2.17. The molecule has 0 atom stereocenters. The Labute approximate surface area is 109 Å². The third-order valence-corrected chi connectivity index (χ3v) is 2.65. The van der Waals surface area contributed by atoms with Gasteiger partial charge in [0.25, 0.3) is 0 Å². The summed E-state index contributed by atoms with van der Waals surface area (Å²) in [7, 11) is 1.67. The van der Waals surface area contributed by atoms with Crippen molar-refractivity contribution in [2.24, 2.45) is 7.05 Å². The van der Waals surface area contributed by atoms with Gasteiger partial charge in [0.05, 0.1) is 5.69 Å². The maximum Gasteiger partial charge on any atom is 0.356 e. The van der Waals surface area contributed by atoms with Crippen molar-refractivity contribution in [1.82, 2.24) is 9.78 Å². The molecule has 1 aromatic heterocycles. The fraction of sp³-hybridized carbons (Fsp3) is 0.167. The average Bonchev–Trinajstić information content (AvgIpc) is 2.70. The van der Waals surface area contributed by atoms with Gasteiger partial charge >= 0.3 is 5.97 Å². The van der Waals surface area contributed by atoms with Crippen molar-refractivity contribution in [3.05, 3.63) is 46.7 Å². The third-order valence-electron chi connectivity index (χ3n) is 2.40. The number of ether oxygens (including phenoxy) is 1. The minimum atomic E-state index is -1.05. The Morgan fingerprint density at radius 3 is 2.67 bits per heavy atom. The van der Waals surface area contributed by atoms with E-state index in [-0.39, 0.29) is 12.3 Å². The van der Waals surface area contributed by atoms with Crippen molar-refractivity contribution >= 4 is 17.6 Å². The number of rotatable bonds is 4. The van der Waals surface area contributed by atoms with Crippen LogP contribution in [0.5, 0.6) is 5.75 Å². The van der Waals surface area contributed by atoms with E-state index in [4.69, 9.17) is 21.4 Å². The van der Waals surface area contributed by atoms with Crippen molar-refractivity contribution in [2.45, 2.75) is 6.61 Å². The van der Waals surface area contributed by atoms with E-state index in [2.05, 4.69) is 5.10 Å². The molecule has 0 spiro atoms. The van der Waals surface area contributed by atoms with Gasteiger partial charge in [-0.25, -0.2) is 4.79 Å². The molecule has 0 saturated carbocycles. The van der Waals surface area contributed by atoms with Crippen LogP contribution >= 0.6 is 11.6 Å². The van der Waals surface area contributed by atoms with Gasteiger partial charge in [0, 0.05) is 12.1 Å². The zero-order valence-corrected chi connectivity index (χ0v) is 10.4. The highest BCUT2D eigenvalue weighted by atomic mass is 35.5. The largest absolute Gasteiger partial charge is 0.487 e. The van der Waals surface area contributed by atoms with E-state index in [1.54, 1.807) is 31.3 Å². The van der Waals surface area contributed by atoms with Gasteiger partial charge in [-0.2, -0.15) is 5.10 Å². The Kier molecular flexibility index (Phi) is 3.53. The van der Waals surface area contributed by atoms with E-state index < -0.39 is 5.97 Å². The summed E-state index contributed by atoms with van der Waals surface area (Å²) in [5, 5.41) is 13.3. The zero-order chi connectivity index (χ0) is 13.1. The second-order valence-corrected chi connectivity index (χ2v) is 4.13. The average molecular weight is 267 g/mol. The minimum absolute atomic E-state index is 0.00667. The van der Waals surface area contributed by atoms with Crippen LogP contribution in [-0.2, 0) is 13.7 Å². The van der Waals surface area contributed by atoms with Crippen molar-refractivity contribution in [3.63, 3.8) is 0 Å². The first-order valence-electron chi connectivity index (χ1n) is 5.21. The van der Waals surface area contributed by atoms with Gasteiger partial charge in [-0.05, 0) is 30.3 Å². The Morgan fingerprint density at radius 1 is 1.44 bits per heavy atom. The van der Waals surface area contributed by atoms with Crippen molar-refractivity contribution in [1.29, 1.82) is 0 Å². The van der Waals surface area contributed by atoms with E-state index in [0.717, 1.165) is 0 Å². The maximum absolute atomic E-state index is 10.7. The first-order valence-corrected chi connectivity index (χ1v) is 5.58. The molecular weight excluding hydrogens is 256 g/mol. The summed E-state index contributed by atoms with van der Waals surface area (Å²) in [6, 6.07) is 8.43. The fourth-order valence-electron chi connectivity index (χ4n) is 1.43. The molecule has 18 heavy (non-hydrogen) atoms. The monoisotopic (exact) mass is 266 g/mol. The van der Waals surface area contributed by atoms with E-state index >= 15 is 0 Å². The predicted molar refractivity (Wildman–Crippen MR) is 66.0 cm³/mol. The molecule has 0 amide bonds. The van der Waals surface area contributed by atoms with Gasteiger partial charge in [0.15, 0.2) is 5.69 Å². The SMILES string of the molecule is Cn1nc(C(=O)O)cc1COc1ccc(Cl)cc1. The van der Waals surface area contributed by atoms with Crippen molar-refractivity contribution in [3.8, 4) is 5.75 Å². The van der Waals surface area contributed by atoms with Gasteiger partial charge < -0.3 is 9.84 Å². The minimum Gasteiger partial charge on any atom is -0.487 e. The third kappa shape index (κ3) is 2.81. The van der Waals surface area contributed by atoms with Gasteiger partial charge in [0.2, 0.25) is 0 Å². The summed E-state index contributed by atoms with van der Waals surface area (Å²) < 4.78 is 6.99. The first-order chi connectivity index (χ1) is 8.56. The van der Waals surface area contributed by atoms with Crippen molar-refractivity contribution < 1.29 is 14.6 Å². The number of aryl methyl sites for hydroxylation is 1. The van der Waals surface area contributed by atoms with Crippen LogP contribution in [0.3, 0.4) is 0 Å². The number of benzene rings is 1. The number of hydrogen-bond donors (Lipinski definition) is 1. The number of nitrogens with zero attached hydrogens (tertiary/aromatic N) is 2. The lowest BCUT2D eigenvalue weighted by molar-refractivity contribution is 0.0689. The molecule has 0 aliphatic rings. The van der Waals surface area contributed by atoms with Gasteiger partial charge in [-0.1, -0.05) is 11.6 Å². The number of hydrogen-bond acceptors (Lipinski definition) is 3. The Morgan fingerprint density at radius 2 is 2.11 bits per heavy atom. The number of halogens is 1. The number of aromatic carboxylic acids is 1. The molecule has 1 aromatic carbocycles. The molecule has 0 aliphatic carbocycles. The van der Waals surface area contributed by atoms with Crippen LogP contribution in [0.4, 0.5) is 0 Å². The van der Waals surface area contributed by atoms with Crippen LogP contribution in [0.25, 0.3) is 0 Å². The molecule has 0 saturated heterocycles.